The fourth-order valence-corrected chi connectivity index (χ4v) is 2.65. The molecule has 1 saturated heterocycles. The molecule has 7 heteroatoms. The normalized spacial score (nSPS) is 17.3. The molecule has 1 fully saturated rings. The minimum Gasteiger partial charge on any atom is -0.371 e. The third-order valence-electron chi connectivity index (χ3n) is 3.78. The van der Waals surface area contributed by atoms with Gasteiger partial charge in [-0.3, -0.25) is 0 Å². The fourth-order valence-electron chi connectivity index (χ4n) is 2.54. The van der Waals surface area contributed by atoms with Crippen LogP contribution < -0.4 is 16.0 Å². The van der Waals surface area contributed by atoms with Crippen molar-refractivity contribution in [3.05, 3.63) is 52.8 Å². The second-order valence-corrected chi connectivity index (χ2v) is 5.97. The summed E-state index contributed by atoms with van der Waals surface area (Å²) in [6.07, 6.45) is 1.56. The summed E-state index contributed by atoms with van der Waals surface area (Å²) in [6, 6.07) is 8.89. The van der Waals surface area contributed by atoms with Crippen molar-refractivity contribution in [2.24, 2.45) is 0 Å². The molecule has 1 aromatic heterocycles. The Kier molecular flexibility index (Phi) is 5.30. The number of carbonyl (C=O) groups is 1. The Balaban J connectivity index is 1.64. The number of benzene rings is 1. The van der Waals surface area contributed by atoms with Gasteiger partial charge in [0.2, 0.25) is 0 Å². The minimum absolute atomic E-state index is 0.0560. The molecule has 126 valence electrons. The Labute approximate surface area is 145 Å². The number of ether oxygens (including phenoxy) is 1. The lowest BCUT2D eigenvalue weighted by Crippen LogP contribution is -2.33. The Bertz CT molecular complexity index is 715. The Morgan fingerprint density at radius 3 is 2.88 bits per heavy atom. The molecule has 24 heavy (non-hydrogen) atoms. The Hall–Kier alpha value is -2.15. The van der Waals surface area contributed by atoms with Gasteiger partial charge in [-0.15, -0.1) is 0 Å². The number of aromatic nitrogens is 1. The van der Waals surface area contributed by atoms with E-state index in [1.165, 1.54) is 6.20 Å². The van der Waals surface area contributed by atoms with E-state index in [2.05, 4.69) is 20.9 Å². The highest BCUT2D eigenvalue weighted by molar-refractivity contribution is 6.29. The predicted octanol–water partition coefficient (Wildman–Crippen LogP) is 3.35. The highest BCUT2D eigenvalue weighted by Crippen LogP contribution is 2.24. The zero-order valence-corrected chi connectivity index (χ0v) is 14.1. The maximum atomic E-state index is 12.1. The number of hydrogen-bond donors (Lipinski definition) is 3. The molecule has 0 bridgehead atoms. The first kappa shape index (κ1) is 16.7. The molecule has 1 unspecified atom stereocenters. The number of morpholine rings is 1. The van der Waals surface area contributed by atoms with E-state index in [0.29, 0.717) is 17.4 Å². The quantitative estimate of drug-likeness (QED) is 0.745. The maximum absolute atomic E-state index is 12.1. The number of hydrogen-bond acceptors (Lipinski definition) is 4. The number of halogens is 1. The van der Waals surface area contributed by atoms with Crippen LogP contribution in [0.3, 0.4) is 0 Å². The van der Waals surface area contributed by atoms with Gasteiger partial charge in [-0.05, 0) is 36.2 Å². The van der Waals surface area contributed by atoms with Gasteiger partial charge in [0.25, 0.3) is 0 Å². The van der Waals surface area contributed by atoms with Crippen molar-refractivity contribution in [2.75, 3.05) is 30.3 Å². The molecule has 1 aliphatic rings. The van der Waals surface area contributed by atoms with Gasteiger partial charge in [0.15, 0.2) is 0 Å². The van der Waals surface area contributed by atoms with Gasteiger partial charge < -0.3 is 20.7 Å². The van der Waals surface area contributed by atoms with Crippen molar-refractivity contribution >= 4 is 29.0 Å². The number of rotatable bonds is 3. The van der Waals surface area contributed by atoms with Crippen molar-refractivity contribution in [3.8, 4) is 0 Å². The lowest BCUT2D eigenvalue weighted by atomic mass is 10.0. The molecule has 0 radical (unpaired) electrons. The van der Waals surface area contributed by atoms with Crippen LogP contribution in [0.2, 0.25) is 5.15 Å². The van der Waals surface area contributed by atoms with E-state index in [0.717, 1.165) is 29.9 Å². The molecular formula is C17H19ClN4O2. The van der Waals surface area contributed by atoms with Gasteiger partial charge in [-0.1, -0.05) is 23.7 Å². The third-order valence-corrected chi connectivity index (χ3v) is 4.01. The largest absolute Gasteiger partial charge is 0.371 e. The first-order valence-electron chi connectivity index (χ1n) is 7.74. The van der Waals surface area contributed by atoms with Crippen LogP contribution in [-0.4, -0.2) is 30.7 Å². The number of nitrogens with zero attached hydrogens (tertiary/aromatic N) is 1. The molecule has 0 spiro atoms. The summed E-state index contributed by atoms with van der Waals surface area (Å²) in [5.74, 6) is 0. The summed E-state index contributed by atoms with van der Waals surface area (Å²) in [7, 11) is 0. The van der Waals surface area contributed by atoms with E-state index in [1.807, 2.05) is 25.1 Å². The Morgan fingerprint density at radius 1 is 1.33 bits per heavy atom. The number of carbonyl (C=O) groups excluding carboxylic acids is 1. The standard InChI is InChI=1S/C17H19ClN4O2/c1-11-8-12(15-10-19-6-7-24-15)2-4-14(11)22-17(23)21-13-3-5-16(18)20-9-13/h2-5,8-9,15,19H,6-7,10H2,1H3,(H2,21,22,23). The van der Waals surface area contributed by atoms with E-state index in [4.69, 9.17) is 16.3 Å². The van der Waals surface area contributed by atoms with Crippen molar-refractivity contribution in [2.45, 2.75) is 13.0 Å². The SMILES string of the molecule is Cc1cc(C2CNCCO2)ccc1NC(=O)Nc1ccc(Cl)nc1. The zero-order valence-electron chi connectivity index (χ0n) is 13.3. The van der Waals surface area contributed by atoms with Crippen molar-refractivity contribution in [1.82, 2.24) is 10.3 Å². The molecule has 2 amide bonds. The van der Waals surface area contributed by atoms with Crippen LogP contribution in [-0.2, 0) is 4.74 Å². The molecule has 0 aliphatic carbocycles. The lowest BCUT2D eigenvalue weighted by molar-refractivity contribution is 0.0277. The number of urea groups is 1. The topological polar surface area (TPSA) is 75.3 Å². The monoisotopic (exact) mass is 346 g/mol. The van der Waals surface area contributed by atoms with Crippen molar-refractivity contribution in [1.29, 1.82) is 0 Å². The van der Waals surface area contributed by atoms with Crippen LogP contribution in [0.5, 0.6) is 0 Å². The van der Waals surface area contributed by atoms with E-state index in [9.17, 15) is 4.79 Å². The number of aryl methyl sites for hydroxylation is 1. The first-order chi connectivity index (χ1) is 11.6. The molecule has 6 nitrogen and oxygen atoms in total. The average Bonchev–Trinajstić information content (AvgIpc) is 2.59. The highest BCUT2D eigenvalue weighted by atomic mass is 35.5. The smallest absolute Gasteiger partial charge is 0.323 e. The minimum atomic E-state index is -0.328. The van der Waals surface area contributed by atoms with Crippen LogP contribution in [0.15, 0.2) is 36.5 Å². The number of anilines is 2. The molecule has 3 N–H and O–H groups in total. The van der Waals surface area contributed by atoms with E-state index in [1.54, 1.807) is 12.1 Å². The fraction of sp³-hybridized carbons (Fsp3) is 0.294. The molecular weight excluding hydrogens is 328 g/mol. The second kappa shape index (κ2) is 7.61. The molecule has 1 aromatic carbocycles. The third kappa shape index (κ3) is 4.23. The zero-order chi connectivity index (χ0) is 16.9. The van der Waals surface area contributed by atoms with E-state index < -0.39 is 0 Å². The van der Waals surface area contributed by atoms with Crippen LogP contribution in [0.25, 0.3) is 0 Å². The molecule has 1 atom stereocenters. The summed E-state index contributed by atoms with van der Waals surface area (Å²) >= 11 is 5.72. The van der Waals surface area contributed by atoms with Crippen molar-refractivity contribution in [3.63, 3.8) is 0 Å². The van der Waals surface area contributed by atoms with Crippen molar-refractivity contribution < 1.29 is 9.53 Å². The number of nitrogens with one attached hydrogen (secondary N) is 3. The maximum Gasteiger partial charge on any atom is 0.323 e. The molecule has 3 rings (SSSR count). The predicted molar refractivity (Wildman–Crippen MR) is 94.6 cm³/mol. The number of amides is 2. The summed E-state index contributed by atoms with van der Waals surface area (Å²) < 4.78 is 5.75. The van der Waals surface area contributed by atoms with Gasteiger partial charge in [0.1, 0.15) is 5.15 Å². The average molecular weight is 347 g/mol. The second-order valence-electron chi connectivity index (χ2n) is 5.59. The highest BCUT2D eigenvalue weighted by Gasteiger charge is 2.16. The van der Waals surface area contributed by atoms with E-state index in [-0.39, 0.29) is 12.1 Å². The molecule has 2 aromatic rings. The summed E-state index contributed by atoms with van der Waals surface area (Å²) in [6.45, 7) is 4.35. The van der Waals surface area contributed by atoms with Crippen LogP contribution in [0.4, 0.5) is 16.2 Å². The van der Waals surface area contributed by atoms with Gasteiger partial charge >= 0.3 is 6.03 Å². The molecule has 1 aliphatic heterocycles. The lowest BCUT2D eigenvalue weighted by Gasteiger charge is -2.24. The molecule has 2 heterocycles. The van der Waals surface area contributed by atoms with Gasteiger partial charge in [0.05, 0.1) is 24.6 Å². The summed E-state index contributed by atoms with van der Waals surface area (Å²) in [4.78, 5) is 16.0. The molecule has 0 saturated carbocycles. The van der Waals surface area contributed by atoms with Crippen LogP contribution in [0.1, 0.15) is 17.2 Å². The van der Waals surface area contributed by atoms with Gasteiger partial charge in [-0.2, -0.15) is 0 Å². The van der Waals surface area contributed by atoms with Crippen LogP contribution in [0, 0.1) is 6.92 Å². The van der Waals surface area contributed by atoms with Gasteiger partial charge in [-0.25, -0.2) is 9.78 Å². The number of pyridine rings is 1. The van der Waals surface area contributed by atoms with Gasteiger partial charge in [0, 0.05) is 18.8 Å². The summed E-state index contributed by atoms with van der Waals surface area (Å²) in [5, 5.41) is 9.25. The van der Waals surface area contributed by atoms with Crippen LogP contribution >= 0.6 is 11.6 Å². The summed E-state index contributed by atoms with van der Waals surface area (Å²) in [5.41, 5.74) is 3.41. The van der Waals surface area contributed by atoms with E-state index >= 15 is 0 Å². The Morgan fingerprint density at radius 2 is 2.21 bits per heavy atom. The first-order valence-corrected chi connectivity index (χ1v) is 8.12.